The number of rotatable bonds is 7. The van der Waals surface area contributed by atoms with Gasteiger partial charge in [-0.25, -0.2) is 0 Å². The van der Waals surface area contributed by atoms with Gasteiger partial charge >= 0.3 is 0 Å². The van der Waals surface area contributed by atoms with Gasteiger partial charge in [0, 0.05) is 33.2 Å². The van der Waals surface area contributed by atoms with Gasteiger partial charge in [-0.05, 0) is 150 Å². The predicted octanol–water partition coefficient (Wildman–Crippen LogP) is 18.2. The van der Waals surface area contributed by atoms with Gasteiger partial charge in [-0.15, -0.1) is 0 Å². The lowest BCUT2D eigenvalue weighted by molar-refractivity contribution is 0.786. The minimum Gasteiger partial charge on any atom is -0.310 e. The van der Waals surface area contributed by atoms with E-state index in [4.69, 9.17) is 0 Å². The van der Waals surface area contributed by atoms with Gasteiger partial charge in [0.05, 0.1) is 22.1 Å². The van der Waals surface area contributed by atoms with Gasteiger partial charge in [-0.1, -0.05) is 195 Å². The van der Waals surface area contributed by atoms with E-state index in [0.717, 1.165) is 22.7 Å². The van der Waals surface area contributed by atoms with Crippen molar-refractivity contribution in [2.45, 2.75) is 12.3 Å². The van der Waals surface area contributed by atoms with E-state index in [9.17, 15) is 0 Å². The third-order valence-corrected chi connectivity index (χ3v) is 15.4. The molecule has 0 bridgehead atoms. The van der Waals surface area contributed by atoms with Crippen LogP contribution in [0.2, 0.25) is 0 Å². The van der Waals surface area contributed by atoms with Gasteiger partial charge in [0.25, 0.3) is 0 Å². The standard InChI is InChI=1S/C68H46N2/c1-3-4-29-60-44(2)50-21-12-15-30-61(50)68(60)62-31-16-13-25-54(62)55-40-39-49(43-63(55)68)69(66-33-18-28-58-53-23-9-8-22-51(53)52-24-10-11-27-57(52)67(58)66)48-37-34-45(35-38-48)46-36-41-65-59(42-46)56-26-14-17-32-64(56)70(65)47-19-6-5-7-20-47/h3-43H,1H2,2H3/b29-4-. The Labute approximate surface area is 407 Å². The Bertz CT molecular complexity index is 4160. The van der Waals surface area contributed by atoms with Crippen molar-refractivity contribution in [2.24, 2.45) is 0 Å². The molecule has 1 unspecified atom stereocenters. The Hall–Kier alpha value is -8.98. The lowest BCUT2D eigenvalue weighted by atomic mass is 9.69. The van der Waals surface area contributed by atoms with Crippen LogP contribution < -0.4 is 4.90 Å². The number of para-hydroxylation sites is 2. The second-order valence-corrected chi connectivity index (χ2v) is 18.8. The van der Waals surface area contributed by atoms with Crippen LogP contribution >= 0.6 is 0 Å². The molecular weight excluding hydrogens is 845 g/mol. The summed E-state index contributed by atoms with van der Waals surface area (Å²) in [6, 6.07) is 85.6. The molecule has 0 aliphatic heterocycles. The number of anilines is 3. The number of aromatic nitrogens is 1. The summed E-state index contributed by atoms with van der Waals surface area (Å²) >= 11 is 0. The molecule has 0 radical (unpaired) electrons. The molecule has 2 aliphatic rings. The first-order chi connectivity index (χ1) is 34.6. The van der Waals surface area contributed by atoms with Gasteiger partial charge in [-0.2, -0.15) is 0 Å². The van der Waals surface area contributed by atoms with Crippen molar-refractivity contribution in [2.75, 3.05) is 4.90 Å². The smallest absolute Gasteiger partial charge is 0.0722 e. The van der Waals surface area contributed by atoms with Crippen LogP contribution in [0.25, 0.3) is 87.6 Å². The summed E-state index contributed by atoms with van der Waals surface area (Å²) in [5.41, 5.74) is 19.1. The summed E-state index contributed by atoms with van der Waals surface area (Å²) in [4.78, 5) is 2.51. The SMILES string of the molecule is C=C/C=C\C1=C(C)c2ccccc2C12c1ccccc1-c1ccc(N(c3ccc(-c4ccc5c(c4)c4ccccc4n5-c4ccccc4)cc3)c3cccc4c5ccccc5c5ccccc5c34)cc12. The Balaban J connectivity index is 1.01. The van der Waals surface area contributed by atoms with Crippen molar-refractivity contribution >= 4 is 76.8 Å². The average molecular weight is 891 g/mol. The normalized spacial score (nSPS) is 14.9. The van der Waals surface area contributed by atoms with E-state index in [1.807, 2.05) is 6.08 Å². The Morgan fingerprint density at radius 2 is 0.986 bits per heavy atom. The van der Waals surface area contributed by atoms with E-state index in [1.165, 1.54) is 110 Å². The zero-order chi connectivity index (χ0) is 46.5. The average Bonchev–Trinajstić information content (AvgIpc) is 4.01. The van der Waals surface area contributed by atoms with Gasteiger partial charge in [0.1, 0.15) is 0 Å². The molecule has 12 aromatic rings. The summed E-state index contributed by atoms with van der Waals surface area (Å²) in [7, 11) is 0. The molecule has 2 heteroatoms. The fraction of sp³-hybridized carbons (Fsp3) is 0.0294. The van der Waals surface area contributed by atoms with Crippen LogP contribution in [0, 0.1) is 0 Å². The van der Waals surface area contributed by atoms with Crippen LogP contribution in [0.15, 0.2) is 261 Å². The highest BCUT2D eigenvalue weighted by atomic mass is 15.1. The third-order valence-electron chi connectivity index (χ3n) is 15.4. The molecule has 11 aromatic carbocycles. The van der Waals surface area contributed by atoms with Gasteiger partial charge in [-0.3, -0.25) is 0 Å². The second-order valence-electron chi connectivity index (χ2n) is 18.8. The van der Waals surface area contributed by atoms with Crippen LogP contribution in [-0.4, -0.2) is 4.57 Å². The maximum Gasteiger partial charge on any atom is 0.0722 e. The highest BCUT2D eigenvalue weighted by Crippen LogP contribution is 2.63. The molecule has 0 saturated carbocycles. The highest BCUT2D eigenvalue weighted by molar-refractivity contribution is 6.29. The van der Waals surface area contributed by atoms with Crippen molar-refractivity contribution < 1.29 is 0 Å². The molecule has 1 aromatic heterocycles. The minimum atomic E-state index is -0.512. The van der Waals surface area contributed by atoms with Crippen LogP contribution in [0.3, 0.4) is 0 Å². The molecule has 1 atom stereocenters. The zero-order valence-corrected chi connectivity index (χ0v) is 38.8. The summed E-state index contributed by atoms with van der Waals surface area (Å²) in [6.07, 6.45) is 6.31. The summed E-state index contributed by atoms with van der Waals surface area (Å²) in [5.74, 6) is 0. The van der Waals surface area contributed by atoms with Crippen LogP contribution in [0.1, 0.15) is 29.2 Å². The maximum absolute atomic E-state index is 4.12. The fourth-order valence-corrected chi connectivity index (χ4v) is 12.5. The van der Waals surface area contributed by atoms with Gasteiger partial charge < -0.3 is 9.47 Å². The van der Waals surface area contributed by atoms with E-state index in [1.54, 1.807) is 0 Å². The largest absolute Gasteiger partial charge is 0.310 e. The quantitative estimate of drug-likeness (QED) is 0.114. The van der Waals surface area contributed by atoms with Crippen molar-refractivity contribution in [1.82, 2.24) is 4.57 Å². The molecular formula is C68H46N2. The number of allylic oxidation sites excluding steroid dienone is 5. The molecule has 1 spiro atoms. The Kier molecular flexibility index (Phi) is 8.90. The number of benzene rings is 11. The lowest BCUT2D eigenvalue weighted by Gasteiger charge is -2.33. The zero-order valence-electron chi connectivity index (χ0n) is 38.8. The number of hydrogen-bond donors (Lipinski definition) is 0. The van der Waals surface area contributed by atoms with E-state index in [0.29, 0.717) is 0 Å². The molecule has 328 valence electrons. The number of hydrogen-bond acceptors (Lipinski definition) is 1. The third kappa shape index (κ3) is 5.62. The predicted molar refractivity (Wildman–Crippen MR) is 297 cm³/mol. The highest BCUT2D eigenvalue weighted by Gasteiger charge is 2.51. The van der Waals surface area contributed by atoms with Crippen LogP contribution in [-0.2, 0) is 5.41 Å². The molecule has 2 aliphatic carbocycles. The summed E-state index contributed by atoms with van der Waals surface area (Å²) in [5, 5.41) is 9.97. The summed E-state index contributed by atoms with van der Waals surface area (Å²) < 4.78 is 2.38. The van der Waals surface area contributed by atoms with Crippen LogP contribution in [0.4, 0.5) is 17.1 Å². The van der Waals surface area contributed by atoms with Crippen molar-refractivity contribution in [3.05, 3.63) is 283 Å². The van der Waals surface area contributed by atoms with E-state index in [-0.39, 0.29) is 0 Å². The number of nitrogens with zero attached hydrogens (tertiary/aromatic N) is 2. The lowest BCUT2D eigenvalue weighted by Crippen LogP contribution is -2.27. The molecule has 70 heavy (non-hydrogen) atoms. The van der Waals surface area contributed by atoms with E-state index < -0.39 is 5.41 Å². The van der Waals surface area contributed by atoms with Gasteiger partial charge in [0.15, 0.2) is 0 Å². The molecule has 0 saturated heterocycles. The first-order valence-electron chi connectivity index (χ1n) is 24.3. The number of fused-ring (bicyclic) bond motifs is 16. The molecule has 2 nitrogen and oxygen atoms in total. The first kappa shape index (κ1) is 40.1. The topological polar surface area (TPSA) is 8.17 Å². The Morgan fingerprint density at radius 3 is 1.73 bits per heavy atom. The van der Waals surface area contributed by atoms with Crippen molar-refractivity contribution in [3.8, 4) is 27.9 Å². The second kappa shape index (κ2) is 15.5. The minimum absolute atomic E-state index is 0.512. The first-order valence-corrected chi connectivity index (χ1v) is 24.3. The van der Waals surface area contributed by atoms with E-state index in [2.05, 4.69) is 266 Å². The Morgan fingerprint density at radius 1 is 0.429 bits per heavy atom. The maximum atomic E-state index is 4.12. The molecule has 14 rings (SSSR count). The summed E-state index contributed by atoms with van der Waals surface area (Å²) in [6.45, 7) is 6.41. The fourth-order valence-electron chi connectivity index (χ4n) is 12.5. The van der Waals surface area contributed by atoms with Gasteiger partial charge in [0.2, 0.25) is 0 Å². The van der Waals surface area contributed by atoms with Crippen molar-refractivity contribution in [1.29, 1.82) is 0 Å². The van der Waals surface area contributed by atoms with Crippen molar-refractivity contribution in [3.63, 3.8) is 0 Å². The van der Waals surface area contributed by atoms with Crippen LogP contribution in [0.5, 0.6) is 0 Å². The molecule has 0 amide bonds. The molecule has 0 fully saturated rings. The van der Waals surface area contributed by atoms with E-state index >= 15 is 0 Å². The molecule has 1 heterocycles. The monoisotopic (exact) mass is 890 g/mol. The molecule has 0 N–H and O–H groups in total.